The Balaban J connectivity index is 1.94. The van der Waals surface area contributed by atoms with Crippen molar-refractivity contribution < 1.29 is 19.3 Å². The Morgan fingerprint density at radius 2 is 1.76 bits per heavy atom. The van der Waals surface area contributed by atoms with Crippen LogP contribution in [0.1, 0.15) is 29.2 Å². The molecule has 7 heteroatoms. The number of hydrogen-bond acceptors (Lipinski definition) is 7. The summed E-state index contributed by atoms with van der Waals surface area (Å²) in [6.07, 6.45) is 1.47. The number of para-hydroxylation sites is 1. The summed E-state index contributed by atoms with van der Waals surface area (Å²) in [6, 6.07) is 14.3. The predicted octanol–water partition coefficient (Wildman–Crippen LogP) is 4.15. The lowest BCUT2D eigenvalue weighted by atomic mass is 9.95. The van der Waals surface area contributed by atoms with Crippen LogP contribution in [0.25, 0.3) is 11.1 Å². The second kappa shape index (κ2) is 9.65. The third-order valence-electron chi connectivity index (χ3n) is 6.48. The molecule has 3 N–H and O–H groups in total. The van der Waals surface area contributed by atoms with Crippen molar-refractivity contribution in [1.29, 1.82) is 0 Å². The number of ether oxygens (including phenoxy) is 3. The van der Waals surface area contributed by atoms with Gasteiger partial charge in [-0.15, -0.1) is 0 Å². The first kappa shape index (κ1) is 23.4. The van der Waals surface area contributed by atoms with Crippen molar-refractivity contribution in [2.45, 2.75) is 25.4 Å². The number of phenolic OH excluding ortho intramolecular Hbond substituents is 1. The van der Waals surface area contributed by atoms with Gasteiger partial charge >= 0.3 is 0 Å². The van der Waals surface area contributed by atoms with E-state index < -0.39 is 0 Å². The summed E-state index contributed by atoms with van der Waals surface area (Å²) in [7, 11) is 6.77. The second-order valence-electron chi connectivity index (χ2n) is 8.44. The molecule has 0 saturated carbocycles. The summed E-state index contributed by atoms with van der Waals surface area (Å²) >= 11 is 0. The van der Waals surface area contributed by atoms with E-state index in [0.717, 1.165) is 40.7 Å². The molecule has 0 amide bonds. The maximum atomic E-state index is 12.8. The van der Waals surface area contributed by atoms with E-state index in [9.17, 15) is 9.90 Å². The predicted molar refractivity (Wildman–Crippen MR) is 133 cm³/mol. The van der Waals surface area contributed by atoms with Crippen LogP contribution in [0.5, 0.6) is 23.0 Å². The Morgan fingerprint density at radius 3 is 2.44 bits per heavy atom. The summed E-state index contributed by atoms with van der Waals surface area (Å²) in [4.78, 5) is 15.0. The third kappa shape index (κ3) is 4.15. The summed E-state index contributed by atoms with van der Waals surface area (Å²) in [5.41, 5.74) is 10.4. The van der Waals surface area contributed by atoms with Crippen molar-refractivity contribution in [1.82, 2.24) is 4.90 Å². The van der Waals surface area contributed by atoms with E-state index in [1.807, 2.05) is 31.3 Å². The highest BCUT2D eigenvalue weighted by molar-refractivity contribution is 5.82. The van der Waals surface area contributed by atoms with E-state index in [0.29, 0.717) is 23.8 Å². The molecule has 1 aliphatic rings. The Morgan fingerprint density at radius 1 is 1.03 bits per heavy atom. The number of phenols is 1. The van der Waals surface area contributed by atoms with Gasteiger partial charge in [-0.25, -0.2) is 0 Å². The minimum absolute atomic E-state index is 0.108. The summed E-state index contributed by atoms with van der Waals surface area (Å²) in [6.45, 7) is 0.513. The molecule has 0 bridgehead atoms. The van der Waals surface area contributed by atoms with Crippen LogP contribution in [0.3, 0.4) is 0 Å². The molecule has 3 aromatic rings. The van der Waals surface area contributed by atoms with Crippen LogP contribution < -0.4 is 25.4 Å². The first-order valence-corrected chi connectivity index (χ1v) is 11.1. The van der Waals surface area contributed by atoms with Crippen molar-refractivity contribution in [3.8, 4) is 34.1 Å². The lowest BCUT2D eigenvalue weighted by Crippen LogP contribution is -2.25. The van der Waals surface area contributed by atoms with Gasteiger partial charge in [0.25, 0.3) is 0 Å². The molecular weight excluding hydrogens is 432 g/mol. The average molecular weight is 463 g/mol. The van der Waals surface area contributed by atoms with E-state index >= 15 is 0 Å². The topological polar surface area (TPSA) is 94.2 Å². The molecule has 0 saturated heterocycles. The second-order valence-corrected chi connectivity index (χ2v) is 8.44. The molecule has 34 heavy (non-hydrogen) atoms. The smallest absolute Gasteiger partial charge is 0.203 e. The zero-order chi connectivity index (χ0) is 24.4. The zero-order valence-corrected chi connectivity index (χ0v) is 19.9. The molecule has 0 fully saturated rings. The van der Waals surface area contributed by atoms with E-state index in [2.05, 4.69) is 4.90 Å². The molecule has 1 unspecified atom stereocenters. The van der Waals surface area contributed by atoms with Crippen molar-refractivity contribution in [2.75, 3.05) is 34.1 Å². The molecule has 1 atom stereocenters. The van der Waals surface area contributed by atoms with E-state index in [-0.39, 0.29) is 22.9 Å². The Kier molecular flexibility index (Phi) is 6.65. The number of fused-ring (bicyclic) bond motifs is 3. The van der Waals surface area contributed by atoms with Gasteiger partial charge in [0.15, 0.2) is 11.5 Å². The minimum atomic E-state index is -0.231. The van der Waals surface area contributed by atoms with Crippen LogP contribution in [0, 0.1) is 0 Å². The van der Waals surface area contributed by atoms with Crippen LogP contribution in [-0.4, -0.2) is 38.4 Å². The Labute approximate surface area is 199 Å². The summed E-state index contributed by atoms with van der Waals surface area (Å²) in [5.74, 6) is 1.89. The molecule has 3 aromatic carbocycles. The number of nitrogens with zero attached hydrogens (tertiary/aromatic N) is 1. The number of hydrogen-bond donors (Lipinski definition) is 2. The van der Waals surface area contributed by atoms with Crippen molar-refractivity contribution in [3.05, 3.63) is 75.4 Å². The number of aromatic hydroxyl groups is 1. The fourth-order valence-electron chi connectivity index (χ4n) is 4.79. The highest BCUT2D eigenvalue weighted by atomic mass is 16.5. The van der Waals surface area contributed by atoms with Gasteiger partial charge in [0, 0.05) is 23.7 Å². The van der Waals surface area contributed by atoms with Crippen LogP contribution in [0.2, 0.25) is 0 Å². The fraction of sp³-hybridized carbons (Fsp3) is 0.296. The van der Waals surface area contributed by atoms with Gasteiger partial charge in [0.05, 0.1) is 27.0 Å². The lowest BCUT2D eigenvalue weighted by Gasteiger charge is -2.28. The molecule has 0 radical (unpaired) electrons. The van der Waals surface area contributed by atoms with Crippen LogP contribution >= 0.6 is 0 Å². The SMILES string of the molecule is COc1cc2c(c(OC)c1OC)-c1ccc(N)c(=O)cc1C(N(C)Cc1ccccc1O)CC2. The normalized spacial score (nSPS) is 14.7. The maximum absolute atomic E-state index is 12.8. The number of benzene rings is 2. The van der Waals surface area contributed by atoms with Gasteiger partial charge in [0.2, 0.25) is 11.2 Å². The van der Waals surface area contributed by atoms with E-state index in [4.69, 9.17) is 19.9 Å². The molecule has 0 aromatic heterocycles. The largest absolute Gasteiger partial charge is 0.508 e. The quantitative estimate of drug-likeness (QED) is 0.568. The number of anilines is 1. The fourth-order valence-corrected chi connectivity index (χ4v) is 4.79. The average Bonchev–Trinajstić information content (AvgIpc) is 3.07. The molecule has 178 valence electrons. The van der Waals surface area contributed by atoms with Gasteiger partial charge < -0.3 is 25.1 Å². The van der Waals surface area contributed by atoms with Gasteiger partial charge in [-0.05, 0) is 60.8 Å². The summed E-state index contributed by atoms with van der Waals surface area (Å²) < 4.78 is 17.1. The number of aryl methyl sites for hydroxylation is 1. The lowest BCUT2D eigenvalue weighted by molar-refractivity contribution is 0.223. The van der Waals surface area contributed by atoms with Crippen molar-refractivity contribution >= 4 is 5.69 Å². The number of methoxy groups -OCH3 is 3. The van der Waals surface area contributed by atoms with E-state index in [1.165, 1.54) is 0 Å². The van der Waals surface area contributed by atoms with Crippen LogP contribution in [0.15, 0.2) is 53.3 Å². The molecular formula is C27H30N2O5. The van der Waals surface area contributed by atoms with Crippen LogP contribution in [-0.2, 0) is 13.0 Å². The number of nitrogen functional groups attached to an aromatic ring is 1. The first-order valence-electron chi connectivity index (χ1n) is 11.1. The molecule has 7 nitrogen and oxygen atoms in total. The third-order valence-corrected chi connectivity index (χ3v) is 6.48. The molecule has 0 aliphatic heterocycles. The summed E-state index contributed by atoms with van der Waals surface area (Å²) in [5, 5.41) is 10.3. The van der Waals surface area contributed by atoms with Crippen molar-refractivity contribution in [2.24, 2.45) is 0 Å². The number of rotatable bonds is 6. The Hall–Kier alpha value is -3.71. The number of nitrogens with two attached hydrogens (primary N) is 1. The van der Waals surface area contributed by atoms with E-state index in [1.54, 1.807) is 45.6 Å². The van der Waals surface area contributed by atoms with Gasteiger partial charge in [0.1, 0.15) is 5.75 Å². The van der Waals surface area contributed by atoms with Gasteiger partial charge in [-0.2, -0.15) is 0 Å². The van der Waals surface area contributed by atoms with Crippen molar-refractivity contribution in [3.63, 3.8) is 0 Å². The standard InChI is InChI=1S/C27H30N2O5/c1-29(15-17-7-5-6-8-22(17)30)21-12-9-16-13-24(32-2)26(33-3)27(34-4)25(16)18-10-11-20(28)23(31)14-19(18)21/h5-8,10-11,13-14,21,30H,9,12,15H2,1-4H3,(H2,28,31). The maximum Gasteiger partial charge on any atom is 0.203 e. The molecule has 0 heterocycles. The molecule has 1 aliphatic carbocycles. The molecule has 4 rings (SSSR count). The highest BCUT2D eigenvalue weighted by Gasteiger charge is 2.30. The minimum Gasteiger partial charge on any atom is -0.508 e. The first-order chi connectivity index (χ1) is 16.4. The van der Waals surface area contributed by atoms with Crippen LogP contribution in [0.4, 0.5) is 5.69 Å². The highest BCUT2D eigenvalue weighted by Crippen LogP contribution is 2.50. The zero-order valence-electron chi connectivity index (χ0n) is 19.9. The van der Waals surface area contributed by atoms with Gasteiger partial charge in [-0.3, -0.25) is 9.69 Å². The Bertz CT molecular complexity index is 1270. The van der Waals surface area contributed by atoms with Gasteiger partial charge in [-0.1, -0.05) is 24.3 Å². The monoisotopic (exact) mass is 462 g/mol. The molecule has 0 spiro atoms.